The van der Waals surface area contributed by atoms with Gasteiger partial charge in [-0.15, -0.1) is 0 Å². The van der Waals surface area contributed by atoms with Crippen molar-refractivity contribution < 1.29 is 9.47 Å². The van der Waals surface area contributed by atoms with E-state index in [9.17, 15) is 0 Å². The summed E-state index contributed by atoms with van der Waals surface area (Å²) < 4.78 is 11.0. The van der Waals surface area contributed by atoms with E-state index in [1.165, 1.54) is 0 Å². The minimum Gasteiger partial charge on any atom is -0.475 e. The molecule has 1 unspecified atom stereocenters. The fourth-order valence-electron chi connectivity index (χ4n) is 1.64. The molecule has 16 heavy (non-hydrogen) atoms. The molecule has 0 aliphatic carbocycles. The molecule has 1 aliphatic rings. The summed E-state index contributed by atoms with van der Waals surface area (Å²) in [5.74, 6) is 6.98. The molecule has 1 aliphatic heterocycles. The van der Waals surface area contributed by atoms with Gasteiger partial charge < -0.3 is 14.9 Å². The summed E-state index contributed by atoms with van der Waals surface area (Å²) in [6.07, 6.45) is 2.34. The zero-order chi connectivity index (χ0) is 11.4. The molecule has 88 valence electrons. The van der Waals surface area contributed by atoms with Gasteiger partial charge in [0.25, 0.3) is 0 Å². The predicted molar refractivity (Wildman–Crippen MR) is 59.0 cm³/mol. The number of hydrazine groups is 1. The molecule has 0 radical (unpaired) electrons. The van der Waals surface area contributed by atoms with Crippen LogP contribution in [0.3, 0.4) is 0 Å². The van der Waals surface area contributed by atoms with Crippen LogP contribution in [0.15, 0.2) is 6.07 Å². The Balaban J connectivity index is 1.94. The highest BCUT2D eigenvalue weighted by atomic mass is 16.5. The van der Waals surface area contributed by atoms with Gasteiger partial charge in [0, 0.05) is 12.7 Å². The van der Waals surface area contributed by atoms with Crippen molar-refractivity contribution in [3.05, 3.63) is 11.9 Å². The summed E-state index contributed by atoms with van der Waals surface area (Å²) in [6.45, 7) is 3.15. The Bertz CT molecular complexity index is 353. The van der Waals surface area contributed by atoms with Crippen LogP contribution in [0.25, 0.3) is 0 Å². The number of aromatic nitrogens is 2. The normalized spacial score (nSPS) is 19.8. The van der Waals surface area contributed by atoms with Gasteiger partial charge in [-0.25, -0.2) is 10.8 Å². The second kappa shape index (κ2) is 5.09. The van der Waals surface area contributed by atoms with Crippen LogP contribution >= 0.6 is 0 Å². The highest BCUT2D eigenvalue weighted by molar-refractivity contribution is 5.36. The van der Waals surface area contributed by atoms with E-state index in [-0.39, 0.29) is 6.10 Å². The molecule has 2 heterocycles. The third kappa shape index (κ3) is 2.80. The molecule has 1 fully saturated rings. The van der Waals surface area contributed by atoms with Gasteiger partial charge in [-0.1, -0.05) is 0 Å². The first-order chi connectivity index (χ1) is 7.78. The lowest BCUT2D eigenvalue weighted by Gasteiger charge is -2.11. The number of hydrogen-bond acceptors (Lipinski definition) is 6. The number of aryl methyl sites for hydroxylation is 1. The molecule has 1 aromatic heterocycles. The van der Waals surface area contributed by atoms with E-state index in [0.29, 0.717) is 24.1 Å². The first kappa shape index (κ1) is 11.1. The van der Waals surface area contributed by atoms with Gasteiger partial charge in [0.1, 0.15) is 18.2 Å². The molecular weight excluding hydrogens is 208 g/mol. The molecule has 6 nitrogen and oxygen atoms in total. The van der Waals surface area contributed by atoms with Crippen LogP contribution in [0.1, 0.15) is 18.7 Å². The first-order valence-electron chi connectivity index (χ1n) is 5.34. The van der Waals surface area contributed by atoms with Crippen LogP contribution in [0.4, 0.5) is 5.82 Å². The second-order valence-electron chi connectivity index (χ2n) is 3.73. The van der Waals surface area contributed by atoms with Gasteiger partial charge in [-0.3, -0.25) is 0 Å². The van der Waals surface area contributed by atoms with Crippen molar-refractivity contribution in [1.82, 2.24) is 9.97 Å². The Kier molecular flexibility index (Phi) is 3.53. The molecule has 6 heteroatoms. The Hall–Kier alpha value is -1.40. The predicted octanol–water partition coefficient (Wildman–Crippen LogP) is 0.628. The largest absolute Gasteiger partial charge is 0.475 e. The van der Waals surface area contributed by atoms with Gasteiger partial charge >= 0.3 is 0 Å². The Morgan fingerprint density at radius 1 is 1.62 bits per heavy atom. The second-order valence-corrected chi connectivity index (χ2v) is 3.73. The molecule has 1 saturated heterocycles. The van der Waals surface area contributed by atoms with Crippen LogP contribution in [0, 0.1) is 6.92 Å². The van der Waals surface area contributed by atoms with Crippen LogP contribution in [0.2, 0.25) is 0 Å². The summed E-state index contributed by atoms with van der Waals surface area (Å²) in [5.41, 5.74) is 2.47. The molecule has 2 rings (SSSR count). The molecule has 0 spiro atoms. The lowest BCUT2D eigenvalue weighted by Crippen LogP contribution is -2.17. The number of ether oxygens (including phenoxy) is 2. The fourth-order valence-corrected chi connectivity index (χ4v) is 1.64. The molecule has 0 bridgehead atoms. The van der Waals surface area contributed by atoms with Crippen LogP contribution in [-0.2, 0) is 4.74 Å². The van der Waals surface area contributed by atoms with Crippen molar-refractivity contribution in [2.45, 2.75) is 25.9 Å². The van der Waals surface area contributed by atoms with E-state index < -0.39 is 0 Å². The van der Waals surface area contributed by atoms with E-state index in [0.717, 1.165) is 19.4 Å². The molecule has 0 aromatic carbocycles. The van der Waals surface area contributed by atoms with Gasteiger partial charge in [0.05, 0.1) is 6.10 Å². The lowest BCUT2D eigenvalue weighted by molar-refractivity contribution is 0.0662. The third-order valence-corrected chi connectivity index (χ3v) is 2.40. The number of rotatable bonds is 4. The van der Waals surface area contributed by atoms with Crippen LogP contribution < -0.4 is 16.0 Å². The zero-order valence-corrected chi connectivity index (χ0v) is 9.27. The van der Waals surface area contributed by atoms with Crippen LogP contribution in [-0.4, -0.2) is 29.3 Å². The topological polar surface area (TPSA) is 82.3 Å². The van der Waals surface area contributed by atoms with Crippen molar-refractivity contribution in [2.75, 3.05) is 18.6 Å². The fraction of sp³-hybridized carbons (Fsp3) is 0.600. The summed E-state index contributed by atoms with van der Waals surface area (Å²) in [5, 5.41) is 0. The Morgan fingerprint density at radius 3 is 3.19 bits per heavy atom. The summed E-state index contributed by atoms with van der Waals surface area (Å²) in [4.78, 5) is 8.23. The van der Waals surface area contributed by atoms with Gasteiger partial charge in [0.2, 0.25) is 5.88 Å². The third-order valence-electron chi connectivity index (χ3n) is 2.40. The highest BCUT2D eigenvalue weighted by Gasteiger charge is 2.16. The minimum atomic E-state index is 0.185. The number of hydrogen-bond donors (Lipinski definition) is 2. The molecule has 0 amide bonds. The summed E-state index contributed by atoms with van der Waals surface area (Å²) in [6, 6.07) is 1.67. The molecule has 1 aromatic rings. The van der Waals surface area contributed by atoms with Gasteiger partial charge in [-0.2, -0.15) is 4.98 Å². The maximum atomic E-state index is 5.54. The average molecular weight is 224 g/mol. The summed E-state index contributed by atoms with van der Waals surface area (Å²) in [7, 11) is 0. The van der Waals surface area contributed by atoms with E-state index in [1.807, 2.05) is 0 Å². The maximum Gasteiger partial charge on any atom is 0.218 e. The monoisotopic (exact) mass is 224 g/mol. The number of nitrogens with two attached hydrogens (primary N) is 1. The zero-order valence-electron chi connectivity index (χ0n) is 9.27. The highest BCUT2D eigenvalue weighted by Crippen LogP contribution is 2.16. The average Bonchev–Trinajstić information content (AvgIpc) is 2.78. The number of anilines is 1. The van der Waals surface area contributed by atoms with Crippen molar-refractivity contribution in [3.63, 3.8) is 0 Å². The number of nitrogen functional groups attached to an aromatic ring is 1. The maximum absolute atomic E-state index is 5.54. The molecule has 0 saturated carbocycles. The van der Waals surface area contributed by atoms with Gasteiger partial charge in [-0.05, 0) is 19.8 Å². The Labute approximate surface area is 94.1 Å². The lowest BCUT2D eigenvalue weighted by atomic mass is 10.2. The van der Waals surface area contributed by atoms with Crippen molar-refractivity contribution >= 4 is 5.82 Å². The van der Waals surface area contributed by atoms with Gasteiger partial charge in [0.15, 0.2) is 0 Å². The minimum absolute atomic E-state index is 0.185. The quantitative estimate of drug-likeness (QED) is 0.576. The number of nitrogens with zero attached hydrogens (tertiary/aromatic N) is 2. The van der Waals surface area contributed by atoms with E-state index in [1.54, 1.807) is 13.0 Å². The van der Waals surface area contributed by atoms with E-state index in [2.05, 4.69) is 15.4 Å². The smallest absolute Gasteiger partial charge is 0.218 e. The van der Waals surface area contributed by atoms with E-state index >= 15 is 0 Å². The number of nitrogens with one attached hydrogen (secondary N) is 1. The molecular formula is C10H16N4O2. The van der Waals surface area contributed by atoms with Crippen molar-refractivity contribution in [2.24, 2.45) is 5.84 Å². The summed E-state index contributed by atoms with van der Waals surface area (Å²) >= 11 is 0. The van der Waals surface area contributed by atoms with Crippen LogP contribution in [0.5, 0.6) is 5.88 Å². The van der Waals surface area contributed by atoms with Crippen molar-refractivity contribution in [1.29, 1.82) is 0 Å². The first-order valence-corrected chi connectivity index (χ1v) is 5.34. The molecule has 3 N–H and O–H groups in total. The van der Waals surface area contributed by atoms with E-state index in [4.69, 9.17) is 15.3 Å². The standard InChI is InChI=1S/C10H16N4O2/c1-7-12-9(14-11)5-10(13-7)16-6-8-3-2-4-15-8/h5,8H,2-4,6,11H2,1H3,(H,12,13,14). The molecule has 1 atom stereocenters. The SMILES string of the molecule is Cc1nc(NN)cc(OCC2CCCO2)n1. The van der Waals surface area contributed by atoms with Crippen molar-refractivity contribution in [3.8, 4) is 5.88 Å². The Morgan fingerprint density at radius 2 is 2.50 bits per heavy atom.